The van der Waals surface area contributed by atoms with E-state index in [1.807, 2.05) is 36.4 Å². The summed E-state index contributed by atoms with van der Waals surface area (Å²) in [5, 5.41) is 7.63. The second-order valence-corrected chi connectivity index (χ2v) is 11.0. The summed E-state index contributed by atoms with van der Waals surface area (Å²) in [6.07, 6.45) is 6.01. The SMILES string of the molecule is CC1CCN(c2cc(N3CCCC[C@H]3C)nc(NC(=S)NCc3ccc(-c4ccc(Cl)cc4)o3)n2)CC1. The molecule has 2 aliphatic heterocycles. The molecule has 1 aromatic carbocycles. The average Bonchev–Trinajstić information content (AvgIpc) is 3.37. The Hall–Kier alpha value is -2.84. The maximum absolute atomic E-state index is 6.00. The minimum absolute atomic E-state index is 0.457. The van der Waals surface area contributed by atoms with Gasteiger partial charge in [-0.1, -0.05) is 18.5 Å². The molecule has 1 atom stereocenters. The van der Waals surface area contributed by atoms with Crippen molar-refractivity contribution in [2.45, 2.75) is 58.5 Å². The summed E-state index contributed by atoms with van der Waals surface area (Å²) in [5.41, 5.74) is 0.980. The summed E-state index contributed by atoms with van der Waals surface area (Å²) in [7, 11) is 0. The minimum atomic E-state index is 0.457. The first-order valence-electron chi connectivity index (χ1n) is 13.2. The van der Waals surface area contributed by atoms with Crippen molar-refractivity contribution in [2.75, 3.05) is 34.8 Å². The van der Waals surface area contributed by atoms with Crippen molar-refractivity contribution >= 4 is 46.5 Å². The molecule has 0 bridgehead atoms. The molecule has 0 saturated carbocycles. The van der Waals surface area contributed by atoms with Gasteiger partial charge in [0.15, 0.2) is 5.11 Å². The van der Waals surface area contributed by atoms with Crippen LogP contribution in [-0.4, -0.2) is 40.8 Å². The third kappa shape index (κ3) is 6.54. The van der Waals surface area contributed by atoms with Crippen LogP contribution in [0.1, 0.15) is 51.7 Å². The highest BCUT2D eigenvalue weighted by atomic mass is 35.5. The maximum atomic E-state index is 6.00. The number of hydrogen-bond acceptors (Lipinski definition) is 6. The summed E-state index contributed by atoms with van der Waals surface area (Å²) in [5.74, 6) is 4.81. The van der Waals surface area contributed by atoms with E-state index >= 15 is 0 Å². The molecule has 2 fully saturated rings. The third-order valence-electron chi connectivity index (χ3n) is 7.34. The van der Waals surface area contributed by atoms with Crippen molar-refractivity contribution in [2.24, 2.45) is 5.92 Å². The lowest BCUT2D eigenvalue weighted by Crippen LogP contribution is -2.39. The largest absolute Gasteiger partial charge is 0.459 e. The molecule has 2 aromatic heterocycles. The molecule has 0 amide bonds. The summed E-state index contributed by atoms with van der Waals surface area (Å²) in [4.78, 5) is 14.5. The van der Waals surface area contributed by atoms with Gasteiger partial charge in [-0.2, -0.15) is 9.97 Å². The highest BCUT2D eigenvalue weighted by molar-refractivity contribution is 7.80. The zero-order valence-electron chi connectivity index (χ0n) is 21.5. The number of nitrogens with zero attached hydrogens (tertiary/aromatic N) is 4. The third-order valence-corrected chi connectivity index (χ3v) is 7.84. The zero-order chi connectivity index (χ0) is 25.8. The van der Waals surface area contributed by atoms with Gasteiger partial charge in [0.05, 0.1) is 6.54 Å². The normalized spacial score (nSPS) is 18.6. The molecular weight excluding hydrogens is 504 g/mol. The van der Waals surface area contributed by atoms with Crippen LogP contribution >= 0.6 is 23.8 Å². The van der Waals surface area contributed by atoms with E-state index in [0.29, 0.717) is 28.7 Å². The monoisotopic (exact) mass is 538 g/mol. The molecule has 196 valence electrons. The van der Waals surface area contributed by atoms with E-state index in [1.165, 1.54) is 32.1 Å². The molecule has 7 nitrogen and oxygen atoms in total. The molecule has 3 aromatic rings. The van der Waals surface area contributed by atoms with Crippen molar-refractivity contribution in [1.29, 1.82) is 0 Å². The Bertz CT molecular complexity index is 1210. The van der Waals surface area contributed by atoms with Gasteiger partial charge in [-0.05, 0) is 93.6 Å². The molecule has 0 aliphatic carbocycles. The fourth-order valence-electron chi connectivity index (χ4n) is 5.02. The molecule has 0 spiro atoms. The van der Waals surface area contributed by atoms with Crippen molar-refractivity contribution < 1.29 is 4.42 Å². The van der Waals surface area contributed by atoms with Gasteiger partial charge in [0.2, 0.25) is 5.95 Å². The van der Waals surface area contributed by atoms with E-state index in [0.717, 1.165) is 54.3 Å². The highest BCUT2D eigenvalue weighted by Gasteiger charge is 2.24. The number of benzene rings is 1. The van der Waals surface area contributed by atoms with Gasteiger partial charge in [-0.25, -0.2) is 0 Å². The molecule has 2 N–H and O–H groups in total. The predicted octanol–water partition coefficient (Wildman–Crippen LogP) is 6.49. The number of thiocarbonyl (C=S) groups is 1. The van der Waals surface area contributed by atoms with Gasteiger partial charge in [0.1, 0.15) is 23.2 Å². The summed E-state index contributed by atoms with van der Waals surface area (Å²) in [6.45, 7) is 8.12. The van der Waals surface area contributed by atoms with Crippen LogP contribution in [0, 0.1) is 5.92 Å². The van der Waals surface area contributed by atoms with Crippen LogP contribution in [-0.2, 0) is 6.54 Å². The predicted molar refractivity (Wildman–Crippen MR) is 156 cm³/mol. The molecule has 9 heteroatoms. The van der Waals surface area contributed by atoms with Gasteiger partial charge >= 0.3 is 0 Å². The Kier molecular flexibility index (Phi) is 8.15. The molecule has 5 rings (SSSR count). The van der Waals surface area contributed by atoms with E-state index < -0.39 is 0 Å². The van der Waals surface area contributed by atoms with Crippen molar-refractivity contribution in [3.8, 4) is 11.3 Å². The molecule has 2 aliphatic rings. The Morgan fingerprint density at radius 3 is 2.51 bits per heavy atom. The first-order valence-corrected chi connectivity index (χ1v) is 14.0. The fourth-order valence-corrected chi connectivity index (χ4v) is 5.31. The van der Waals surface area contributed by atoms with Gasteiger partial charge in [0, 0.05) is 42.3 Å². The van der Waals surface area contributed by atoms with E-state index in [9.17, 15) is 0 Å². The van der Waals surface area contributed by atoms with Gasteiger partial charge in [-0.3, -0.25) is 0 Å². The van der Waals surface area contributed by atoms with Crippen LogP contribution in [0.15, 0.2) is 46.9 Å². The van der Waals surface area contributed by atoms with E-state index in [2.05, 4.69) is 40.3 Å². The van der Waals surface area contributed by atoms with Crippen molar-refractivity contribution in [3.05, 3.63) is 53.2 Å². The van der Waals surface area contributed by atoms with Crippen LogP contribution in [0.2, 0.25) is 5.02 Å². The second kappa shape index (κ2) is 11.7. The fraction of sp³-hybridized carbons (Fsp3) is 0.464. The number of furan rings is 1. The maximum Gasteiger partial charge on any atom is 0.232 e. The van der Waals surface area contributed by atoms with Gasteiger partial charge < -0.3 is 24.9 Å². The number of halogens is 1. The number of aromatic nitrogens is 2. The summed E-state index contributed by atoms with van der Waals surface area (Å²) < 4.78 is 5.99. The topological polar surface area (TPSA) is 69.5 Å². The molecule has 4 heterocycles. The number of rotatable bonds is 6. The van der Waals surface area contributed by atoms with Crippen LogP contribution in [0.5, 0.6) is 0 Å². The van der Waals surface area contributed by atoms with E-state index in [-0.39, 0.29) is 0 Å². The van der Waals surface area contributed by atoms with Gasteiger partial charge in [-0.15, -0.1) is 0 Å². The van der Waals surface area contributed by atoms with Crippen molar-refractivity contribution in [1.82, 2.24) is 15.3 Å². The van der Waals surface area contributed by atoms with Crippen LogP contribution < -0.4 is 20.4 Å². The highest BCUT2D eigenvalue weighted by Crippen LogP contribution is 2.29. The van der Waals surface area contributed by atoms with Crippen LogP contribution in [0.3, 0.4) is 0 Å². The zero-order valence-corrected chi connectivity index (χ0v) is 23.1. The number of piperidine rings is 2. The average molecular weight is 539 g/mol. The van der Waals surface area contributed by atoms with Crippen LogP contribution in [0.25, 0.3) is 11.3 Å². The number of nitrogens with one attached hydrogen (secondary N) is 2. The Labute approximate surface area is 229 Å². The molecule has 0 radical (unpaired) electrons. The van der Waals surface area contributed by atoms with Crippen molar-refractivity contribution in [3.63, 3.8) is 0 Å². The van der Waals surface area contributed by atoms with Gasteiger partial charge in [0.25, 0.3) is 0 Å². The first-order chi connectivity index (χ1) is 17.9. The quantitative estimate of drug-likeness (QED) is 0.345. The van der Waals surface area contributed by atoms with E-state index in [1.54, 1.807) is 0 Å². The lowest BCUT2D eigenvalue weighted by molar-refractivity contribution is 0.436. The Morgan fingerprint density at radius 2 is 1.76 bits per heavy atom. The molecule has 2 saturated heterocycles. The molecule has 37 heavy (non-hydrogen) atoms. The second-order valence-electron chi connectivity index (χ2n) is 10.2. The first kappa shape index (κ1) is 25.8. The van der Waals surface area contributed by atoms with E-state index in [4.69, 9.17) is 38.2 Å². The Balaban J connectivity index is 1.27. The lowest BCUT2D eigenvalue weighted by Gasteiger charge is -2.36. The Morgan fingerprint density at radius 1 is 1.00 bits per heavy atom. The molecule has 0 unspecified atom stereocenters. The van der Waals surface area contributed by atoms with Crippen LogP contribution in [0.4, 0.5) is 17.6 Å². The number of anilines is 3. The minimum Gasteiger partial charge on any atom is -0.459 e. The summed E-state index contributed by atoms with van der Waals surface area (Å²) >= 11 is 11.6. The standard InChI is InChI=1S/C28H35ClN6OS/c1-19-12-15-34(16-13-19)25-17-26(35-14-4-3-5-20(35)2)32-27(31-25)33-28(37)30-18-23-10-11-24(36-23)21-6-8-22(29)9-7-21/h6-11,17,19-20H,3-5,12-16,18H2,1-2H3,(H2,30,31,32,33,37)/t20-/m1/s1. The smallest absolute Gasteiger partial charge is 0.232 e. The lowest BCUT2D eigenvalue weighted by atomic mass is 9.99. The number of hydrogen-bond donors (Lipinski definition) is 2. The molecular formula is C28H35ClN6OS. The summed E-state index contributed by atoms with van der Waals surface area (Å²) in [6, 6.07) is 14.1.